The van der Waals surface area contributed by atoms with E-state index in [-0.39, 0.29) is 10.9 Å². The average Bonchev–Trinajstić information content (AvgIpc) is 3.30. The maximum Gasteiger partial charge on any atom is 0.244 e. The van der Waals surface area contributed by atoms with E-state index < -0.39 is 10.0 Å². The number of anilines is 1. The molecule has 1 fully saturated rings. The Morgan fingerprint density at radius 1 is 0.893 bits per heavy atom. The van der Waals surface area contributed by atoms with Gasteiger partial charge in [0.05, 0.1) is 6.04 Å². The van der Waals surface area contributed by atoms with Crippen molar-refractivity contribution in [3.8, 4) is 0 Å². The molecule has 2 aromatic heterocycles. The van der Waals surface area contributed by atoms with Crippen LogP contribution in [-0.2, 0) is 10.0 Å². The molecule has 6 nitrogen and oxygen atoms in total. The van der Waals surface area contributed by atoms with Crippen LogP contribution in [-0.4, -0.2) is 35.8 Å². The Balaban J connectivity index is 1.59. The van der Waals surface area contributed by atoms with Gasteiger partial charge in [-0.25, -0.2) is 13.4 Å². The summed E-state index contributed by atoms with van der Waals surface area (Å²) in [5.74, 6) is 0.617. The van der Waals surface area contributed by atoms with E-state index in [4.69, 9.17) is 0 Å². The fraction of sp³-hybridized carbons (Fsp3) is 0.238. The van der Waals surface area contributed by atoms with Crippen molar-refractivity contribution in [3.05, 3.63) is 84.3 Å². The lowest BCUT2D eigenvalue weighted by molar-refractivity contribution is 0.477. The quantitative estimate of drug-likeness (QED) is 0.693. The number of sulfonamides is 1. The number of nitrogens with one attached hydrogen (secondary N) is 1. The van der Waals surface area contributed by atoms with Gasteiger partial charge in [-0.15, -0.1) is 0 Å². The van der Waals surface area contributed by atoms with E-state index in [2.05, 4.69) is 15.3 Å². The van der Waals surface area contributed by atoms with Crippen molar-refractivity contribution in [2.75, 3.05) is 18.4 Å². The molecule has 1 aromatic carbocycles. The number of benzene rings is 1. The van der Waals surface area contributed by atoms with Crippen LogP contribution >= 0.6 is 0 Å². The van der Waals surface area contributed by atoms with Crippen molar-refractivity contribution in [3.63, 3.8) is 0 Å². The molecule has 144 valence electrons. The molecule has 4 rings (SSSR count). The van der Waals surface area contributed by atoms with E-state index in [1.54, 1.807) is 24.5 Å². The number of nitrogens with zero attached hydrogens (tertiary/aromatic N) is 3. The molecule has 0 unspecified atom stereocenters. The number of rotatable bonds is 6. The fourth-order valence-corrected chi connectivity index (χ4v) is 4.87. The van der Waals surface area contributed by atoms with Crippen molar-refractivity contribution in [1.82, 2.24) is 14.3 Å². The smallest absolute Gasteiger partial charge is 0.244 e. The van der Waals surface area contributed by atoms with Gasteiger partial charge in [0.25, 0.3) is 0 Å². The molecule has 3 heterocycles. The Morgan fingerprint density at radius 3 is 2.21 bits per heavy atom. The summed E-state index contributed by atoms with van der Waals surface area (Å²) in [7, 11) is -3.45. The third-order valence-electron chi connectivity index (χ3n) is 4.90. The summed E-state index contributed by atoms with van der Waals surface area (Å²) >= 11 is 0. The molecule has 3 aromatic rings. The zero-order valence-electron chi connectivity index (χ0n) is 15.4. The van der Waals surface area contributed by atoms with Crippen molar-refractivity contribution in [1.29, 1.82) is 0 Å². The highest BCUT2D eigenvalue weighted by atomic mass is 32.2. The summed E-state index contributed by atoms with van der Waals surface area (Å²) in [6, 6.07) is 17.2. The lowest BCUT2D eigenvalue weighted by Crippen LogP contribution is -2.28. The van der Waals surface area contributed by atoms with Crippen LogP contribution in [0.5, 0.6) is 0 Å². The Hall–Kier alpha value is -2.77. The van der Waals surface area contributed by atoms with Crippen molar-refractivity contribution in [2.45, 2.75) is 23.8 Å². The van der Waals surface area contributed by atoms with Gasteiger partial charge >= 0.3 is 0 Å². The first kappa shape index (κ1) is 18.6. The highest BCUT2D eigenvalue weighted by molar-refractivity contribution is 7.89. The molecule has 0 spiro atoms. The standard InChI is InChI=1S/C21H22N4O2S/c26-28(27,25-14-4-5-15-25)19-8-9-20(23-16-19)24-21(17-6-2-1-3-7-17)18-10-12-22-13-11-18/h1-3,6-13,16,21H,4-5,14-15H2,(H,23,24)/t21-/m1/s1. The SMILES string of the molecule is O=S(=O)(c1ccc(N[C@H](c2ccccc2)c2ccncc2)nc1)N1CCCC1. The van der Waals surface area contributed by atoms with Crippen molar-refractivity contribution >= 4 is 15.8 Å². The van der Waals surface area contributed by atoms with Crippen LogP contribution in [0, 0.1) is 0 Å². The lowest BCUT2D eigenvalue weighted by Gasteiger charge is -2.21. The topological polar surface area (TPSA) is 75.2 Å². The molecule has 0 bridgehead atoms. The van der Waals surface area contributed by atoms with Crippen LogP contribution in [0.4, 0.5) is 5.82 Å². The van der Waals surface area contributed by atoms with Crippen molar-refractivity contribution < 1.29 is 8.42 Å². The van der Waals surface area contributed by atoms with Crippen LogP contribution in [0.2, 0.25) is 0 Å². The maximum absolute atomic E-state index is 12.7. The van der Waals surface area contributed by atoms with Gasteiger partial charge in [0, 0.05) is 31.7 Å². The number of aromatic nitrogens is 2. The molecule has 28 heavy (non-hydrogen) atoms. The predicted molar refractivity (Wildman–Crippen MR) is 108 cm³/mol. The van der Waals surface area contributed by atoms with Gasteiger partial charge in [0.15, 0.2) is 0 Å². The normalized spacial score (nSPS) is 16.0. The Labute approximate surface area is 165 Å². The Morgan fingerprint density at radius 2 is 1.57 bits per heavy atom. The average molecular weight is 395 g/mol. The van der Waals surface area contributed by atoms with Crippen LogP contribution < -0.4 is 5.32 Å². The first-order valence-electron chi connectivity index (χ1n) is 9.32. The molecular weight excluding hydrogens is 372 g/mol. The first-order chi connectivity index (χ1) is 13.6. The molecule has 1 aliphatic rings. The van der Waals surface area contributed by atoms with E-state index in [1.807, 2.05) is 42.5 Å². The molecule has 7 heteroatoms. The van der Waals surface area contributed by atoms with Gasteiger partial charge in [-0.05, 0) is 48.2 Å². The third-order valence-corrected chi connectivity index (χ3v) is 6.79. The minimum absolute atomic E-state index is 0.113. The maximum atomic E-state index is 12.7. The third kappa shape index (κ3) is 3.90. The monoisotopic (exact) mass is 394 g/mol. The lowest BCUT2D eigenvalue weighted by atomic mass is 10.00. The minimum Gasteiger partial charge on any atom is -0.359 e. The minimum atomic E-state index is -3.45. The Kier molecular flexibility index (Phi) is 5.36. The van der Waals surface area contributed by atoms with Gasteiger partial charge in [-0.2, -0.15) is 4.31 Å². The highest BCUT2D eigenvalue weighted by Crippen LogP contribution is 2.26. The van der Waals surface area contributed by atoms with Gasteiger partial charge in [0.1, 0.15) is 10.7 Å². The molecule has 1 atom stereocenters. The van der Waals surface area contributed by atoms with Gasteiger partial charge in [-0.1, -0.05) is 30.3 Å². The second-order valence-electron chi connectivity index (χ2n) is 6.76. The van der Waals surface area contributed by atoms with Crippen LogP contribution in [0.3, 0.4) is 0 Å². The highest BCUT2D eigenvalue weighted by Gasteiger charge is 2.27. The largest absolute Gasteiger partial charge is 0.359 e. The van der Waals surface area contributed by atoms with Crippen LogP contribution in [0.25, 0.3) is 0 Å². The summed E-state index contributed by atoms with van der Waals surface area (Å²) in [5.41, 5.74) is 2.14. The van der Waals surface area contributed by atoms with E-state index in [0.29, 0.717) is 18.9 Å². The summed E-state index contributed by atoms with van der Waals surface area (Å²) in [4.78, 5) is 8.70. The van der Waals surface area contributed by atoms with Crippen molar-refractivity contribution in [2.24, 2.45) is 0 Å². The summed E-state index contributed by atoms with van der Waals surface area (Å²) < 4.78 is 26.9. The van der Waals surface area contributed by atoms with E-state index in [9.17, 15) is 8.42 Å². The molecule has 1 aliphatic heterocycles. The second kappa shape index (κ2) is 8.08. The fourth-order valence-electron chi connectivity index (χ4n) is 3.40. The van der Waals surface area contributed by atoms with E-state index >= 15 is 0 Å². The van der Waals surface area contributed by atoms with Gasteiger partial charge < -0.3 is 5.32 Å². The number of pyridine rings is 2. The molecule has 0 radical (unpaired) electrons. The molecule has 0 aliphatic carbocycles. The van der Waals surface area contributed by atoms with Crippen LogP contribution in [0.1, 0.15) is 30.0 Å². The molecule has 0 saturated carbocycles. The zero-order chi connectivity index (χ0) is 19.4. The predicted octanol–water partition coefficient (Wildman–Crippen LogP) is 3.46. The molecular formula is C21H22N4O2S. The van der Waals surface area contributed by atoms with Crippen LogP contribution in [0.15, 0.2) is 78.1 Å². The van der Waals surface area contributed by atoms with Gasteiger partial charge in [0.2, 0.25) is 10.0 Å². The van der Waals surface area contributed by atoms with E-state index in [0.717, 1.165) is 24.0 Å². The Bertz CT molecular complexity index is 964. The molecule has 1 saturated heterocycles. The summed E-state index contributed by atoms with van der Waals surface area (Å²) in [6.07, 6.45) is 6.77. The number of hydrogen-bond acceptors (Lipinski definition) is 5. The molecule has 0 amide bonds. The second-order valence-corrected chi connectivity index (χ2v) is 8.70. The van der Waals surface area contributed by atoms with Gasteiger partial charge in [-0.3, -0.25) is 4.98 Å². The summed E-state index contributed by atoms with van der Waals surface area (Å²) in [5, 5.41) is 3.41. The van der Waals surface area contributed by atoms with E-state index in [1.165, 1.54) is 10.5 Å². The molecule has 1 N–H and O–H groups in total. The zero-order valence-corrected chi connectivity index (χ0v) is 16.2. The first-order valence-corrected chi connectivity index (χ1v) is 10.8. The number of hydrogen-bond donors (Lipinski definition) is 1. The summed E-state index contributed by atoms with van der Waals surface area (Å²) in [6.45, 7) is 1.17.